The molecule has 0 bridgehead atoms. The summed E-state index contributed by atoms with van der Waals surface area (Å²) in [5.74, 6) is 0.0570. The zero-order valence-corrected chi connectivity index (χ0v) is 14.1. The van der Waals surface area contributed by atoms with Crippen molar-refractivity contribution in [2.45, 2.75) is 29.5 Å². The third kappa shape index (κ3) is 2.84. The van der Waals surface area contributed by atoms with Crippen LogP contribution in [0.2, 0.25) is 0 Å². The van der Waals surface area contributed by atoms with Crippen LogP contribution in [0, 0.1) is 0 Å². The second-order valence-electron chi connectivity index (χ2n) is 5.58. The molecule has 0 saturated carbocycles. The second kappa shape index (κ2) is 6.12. The maximum Gasteiger partial charge on any atom is 0.252 e. The van der Waals surface area contributed by atoms with Crippen molar-refractivity contribution in [3.05, 3.63) is 52.9 Å². The Morgan fingerprint density at radius 3 is 2.55 bits per heavy atom. The molecular weight excluding hydrogens is 316 g/mol. The quantitative estimate of drug-likeness (QED) is 0.933. The van der Waals surface area contributed by atoms with Gasteiger partial charge >= 0.3 is 0 Å². The summed E-state index contributed by atoms with van der Waals surface area (Å²) in [7, 11) is -3.43. The van der Waals surface area contributed by atoms with Crippen LogP contribution in [-0.4, -0.2) is 31.9 Å². The Balaban J connectivity index is 1.84. The summed E-state index contributed by atoms with van der Waals surface area (Å²) in [5.41, 5.74) is 7.31. The minimum absolute atomic E-state index is 0.0570. The zero-order chi connectivity index (χ0) is 15.7. The summed E-state index contributed by atoms with van der Waals surface area (Å²) in [4.78, 5) is 1.08. The summed E-state index contributed by atoms with van der Waals surface area (Å²) >= 11 is 1.35. The van der Waals surface area contributed by atoms with Crippen LogP contribution in [0.3, 0.4) is 0 Å². The molecule has 0 radical (unpaired) electrons. The highest BCUT2D eigenvalue weighted by Crippen LogP contribution is 2.32. The maximum atomic E-state index is 12.8. The third-order valence-electron chi connectivity index (χ3n) is 4.14. The topological polar surface area (TPSA) is 63.4 Å². The van der Waals surface area contributed by atoms with Crippen molar-refractivity contribution < 1.29 is 8.42 Å². The molecule has 1 aliphatic heterocycles. The molecule has 0 aliphatic carbocycles. The first kappa shape index (κ1) is 15.7. The predicted octanol–water partition coefficient (Wildman–Crippen LogP) is 2.43. The number of aryl methyl sites for hydroxylation is 1. The lowest BCUT2D eigenvalue weighted by Crippen LogP contribution is -2.31. The minimum Gasteiger partial charge on any atom is -0.326 e. The molecule has 1 fully saturated rings. The largest absolute Gasteiger partial charge is 0.326 e. The second-order valence-corrected chi connectivity index (χ2v) is 8.91. The molecule has 2 atom stereocenters. The van der Waals surface area contributed by atoms with Crippen LogP contribution in [-0.2, 0) is 16.4 Å². The monoisotopic (exact) mass is 336 g/mol. The molecule has 6 heteroatoms. The van der Waals surface area contributed by atoms with E-state index < -0.39 is 10.0 Å². The molecule has 118 valence electrons. The average molecular weight is 336 g/mol. The van der Waals surface area contributed by atoms with Gasteiger partial charge in [-0.3, -0.25) is 0 Å². The van der Waals surface area contributed by atoms with Crippen molar-refractivity contribution in [2.24, 2.45) is 5.73 Å². The Bertz CT molecular complexity index is 741. The van der Waals surface area contributed by atoms with Gasteiger partial charge in [0.15, 0.2) is 0 Å². The lowest BCUT2D eigenvalue weighted by Gasteiger charge is -2.15. The van der Waals surface area contributed by atoms with Crippen molar-refractivity contribution in [3.63, 3.8) is 0 Å². The number of nitrogens with zero attached hydrogens (tertiary/aromatic N) is 1. The van der Waals surface area contributed by atoms with E-state index in [0.717, 1.165) is 16.9 Å². The van der Waals surface area contributed by atoms with Crippen LogP contribution in [0.1, 0.15) is 23.3 Å². The number of sulfonamides is 1. The van der Waals surface area contributed by atoms with Gasteiger partial charge < -0.3 is 5.73 Å². The molecule has 1 aromatic carbocycles. The van der Waals surface area contributed by atoms with Gasteiger partial charge in [-0.1, -0.05) is 37.3 Å². The molecule has 1 saturated heterocycles. The third-order valence-corrected chi connectivity index (χ3v) is 7.67. The molecule has 0 amide bonds. The van der Waals surface area contributed by atoms with Gasteiger partial charge in [0, 0.05) is 29.9 Å². The number of benzene rings is 1. The maximum absolute atomic E-state index is 12.8. The SMILES string of the molecule is CCc1ccc(S(=O)(=O)N2C[C@@H](N)[C@H](c3ccccc3)C2)s1. The van der Waals surface area contributed by atoms with E-state index in [4.69, 9.17) is 5.73 Å². The van der Waals surface area contributed by atoms with Crippen LogP contribution < -0.4 is 5.73 Å². The number of rotatable bonds is 4. The van der Waals surface area contributed by atoms with E-state index in [9.17, 15) is 8.42 Å². The van der Waals surface area contributed by atoms with Crippen molar-refractivity contribution in [1.29, 1.82) is 0 Å². The molecule has 3 rings (SSSR count). The molecule has 2 aromatic rings. The number of nitrogens with two attached hydrogens (primary N) is 1. The smallest absolute Gasteiger partial charge is 0.252 e. The first-order chi connectivity index (χ1) is 10.5. The van der Waals surface area contributed by atoms with Crippen molar-refractivity contribution in [1.82, 2.24) is 4.31 Å². The molecule has 1 aromatic heterocycles. The molecule has 0 unspecified atom stereocenters. The van der Waals surface area contributed by atoms with Gasteiger partial charge in [-0.05, 0) is 24.1 Å². The lowest BCUT2D eigenvalue weighted by atomic mass is 9.95. The number of hydrogen-bond acceptors (Lipinski definition) is 4. The average Bonchev–Trinajstić information content (AvgIpc) is 3.15. The van der Waals surface area contributed by atoms with Crippen LogP contribution in [0.5, 0.6) is 0 Å². The Hall–Kier alpha value is -1.21. The van der Waals surface area contributed by atoms with E-state index in [1.54, 1.807) is 6.07 Å². The highest BCUT2D eigenvalue weighted by atomic mass is 32.2. The van der Waals surface area contributed by atoms with E-state index in [-0.39, 0.29) is 12.0 Å². The van der Waals surface area contributed by atoms with Gasteiger partial charge in [-0.15, -0.1) is 11.3 Å². The summed E-state index contributed by atoms with van der Waals surface area (Å²) < 4.78 is 27.5. The van der Waals surface area contributed by atoms with Crippen LogP contribution >= 0.6 is 11.3 Å². The molecule has 4 nitrogen and oxygen atoms in total. The van der Waals surface area contributed by atoms with Crippen LogP contribution in [0.4, 0.5) is 0 Å². The van der Waals surface area contributed by atoms with Crippen molar-refractivity contribution in [3.8, 4) is 0 Å². The number of hydrogen-bond donors (Lipinski definition) is 1. The fourth-order valence-corrected chi connectivity index (χ4v) is 5.81. The minimum atomic E-state index is -3.43. The number of thiophene rings is 1. The molecule has 0 spiro atoms. The zero-order valence-electron chi connectivity index (χ0n) is 12.5. The van der Waals surface area contributed by atoms with Gasteiger partial charge in [0.25, 0.3) is 10.0 Å². The summed E-state index contributed by atoms with van der Waals surface area (Å²) in [6.07, 6.45) is 0.854. The molecular formula is C16H20N2O2S2. The Kier molecular flexibility index (Phi) is 4.36. The van der Waals surface area contributed by atoms with Crippen LogP contribution in [0.25, 0.3) is 0 Å². The van der Waals surface area contributed by atoms with Gasteiger partial charge in [-0.2, -0.15) is 4.31 Å². The van der Waals surface area contributed by atoms with Gasteiger partial charge in [0.2, 0.25) is 0 Å². The fraction of sp³-hybridized carbons (Fsp3) is 0.375. The Morgan fingerprint density at radius 1 is 1.18 bits per heavy atom. The highest BCUT2D eigenvalue weighted by Gasteiger charge is 2.38. The van der Waals surface area contributed by atoms with E-state index in [1.165, 1.54) is 15.6 Å². The van der Waals surface area contributed by atoms with E-state index in [0.29, 0.717) is 17.3 Å². The molecule has 2 heterocycles. The van der Waals surface area contributed by atoms with Gasteiger partial charge in [-0.25, -0.2) is 8.42 Å². The molecule has 2 N–H and O–H groups in total. The van der Waals surface area contributed by atoms with E-state index >= 15 is 0 Å². The van der Waals surface area contributed by atoms with E-state index in [1.807, 2.05) is 43.3 Å². The Morgan fingerprint density at radius 2 is 1.91 bits per heavy atom. The first-order valence-corrected chi connectivity index (χ1v) is 9.67. The highest BCUT2D eigenvalue weighted by molar-refractivity contribution is 7.91. The molecule has 22 heavy (non-hydrogen) atoms. The predicted molar refractivity (Wildman–Crippen MR) is 89.6 cm³/mol. The summed E-state index contributed by atoms with van der Waals surface area (Å²) in [6, 6.07) is 13.3. The van der Waals surface area contributed by atoms with Gasteiger partial charge in [0.1, 0.15) is 4.21 Å². The molecule has 1 aliphatic rings. The van der Waals surface area contributed by atoms with E-state index in [2.05, 4.69) is 0 Å². The van der Waals surface area contributed by atoms with Gasteiger partial charge in [0.05, 0.1) is 0 Å². The summed E-state index contributed by atoms with van der Waals surface area (Å²) in [6.45, 7) is 2.85. The van der Waals surface area contributed by atoms with Crippen molar-refractivity contribution in [2.75, 3.05) is 13.1 Å². The Labute approximate surface area is 135 Å². The summed E-state index contributed by atoms with van der Waals surface area (Å²) in [5, 5.41) is 0. The fourth-order valence-electron chi connectivity index (χ4n) is 2.85. The normalized spacial score (nSPS) is 23.0. The standard InChI is InChI=1S/C16H20N2O2S2/c1-2-13-8-9-16(21-13)22(19,20)18-10-14(15(17)11-18)12-6-4-3-5-7-12/h3-9,14-15H,2,10-11,17H2,1H3/t14-,15+/m0/s1. The lowest BCUT2D eigenvalue weighted by molar-refractivity contribution is 0.472. The first-order valence-electron chi connectivity index (χ1n) is 7.41. The van der Waals surface area contributed by atoms with Crippen molar-refractivity contribution >= 4 is 21.4 Å². The van der Waals surface area contributed by atoms with Crippen LogP contribution in [0.15, 0.2) is 46.7 Å².